The Kier molecular flexibility index (Phi) is 1.76. The van der Waals surface area contributed by atoms with Gasteiger partial charge in [-0.2, -0.15) is 0 Å². The Hall–Kier alpha value is 0.110. The minimum Gasteiger partial charge on any atom is -0.316 e. The van der Waals surface area contributed by atoms with Crippen molar-refractivity contribution in [1.29, 1.82) is 0 Å². The van der Waals surface area contributed by atoms with E-state index in [1.165, 1.54) is 0 Å². The summed E-state index contributed by atoms with van der Waals surface area (Å²) in [5, 5.41) is 3.11. The topological polar surface area (TPSA) is 12.0 Å². The highest BCUT2D eigenvalue weighted by molar-refractivity contribution is 5.85. The highest BCUT2D eigenvalue weighted by Gasteiger charge is 2.94. The molecule has 1 nitrogen and oxygen atoms in total. The Labute approximate surface area is 82.7 Å². The fourth-order valence-electron chi connectivity index (χ4n) is 3.24. The molecule has 0 aromatic rings. The van der Waals surface area contributed by atoms with Crippen molar-refractivity contribution in [3.63, 3.8) is 0 Å². The monoisotopic (exact) mass is 209 g/mol. The second-order valence-electron chi connectivity index (χ2n) is 4.52. The molecule has 1 aliphatic heterocycles. The smallest absolute Gasteiger partial charge is 0.261 e. The van der Waals surface area contributed by atoms with Crippen LogP contribution in [0, 0.1) is 10.8 Å². The van der Waals surface area contributed by atoms with Crippen molar-refractivity contribution in [3.05, 3.63) is 0 Å². The van der Waals surface area contributed by atoms with Crippen LogP contribution in [0.25, 0.3) is 0 Å². The lowest BCUT2D eigenvalue weighted by molar-refractivity contribution is 0.0467. The first-order valence-corrected chi connectivity index (χ1v) is 4.75. The maximum Gasteiger partial charge on any atom is 0.261 e. The first kappa shape index (κ1) is 9.66. The van der Waals surface area contributed by atoms with Crippen molar-refractivity contribution < 1.29 is 8.78 Å². The molecule has 1 atom stereocenters. The predicted molar refractivity (Wildman–Crippen MR) is 48.4 cm³/mol. The van der Waals surface area contributed by atoms with E-state index in [1.807, 2.05) is 0 Å². The van der Waals surface area contributed by atoms with Crippen LogP contribution in [0.15, 0.2) is 0 Å². The molecule has 4 heteroatoms. The molecule has 0 aromatic heterocycles. The zero-order valence-corrected chi connectivity index (χ0v) is 8.22. The van der Waals surface area contributed by atoms with Gasteiger partial charge in [-0.1, -0.05) is 0 Å². The van der Waals surface area contributed by atoms with E-state index in [1.54, 1.807) is 0 Å². The van der Waals surface area contributed by atoms with Gasteiger partial charge in [-0.3, -0.25) is 0 Å². The van der Waals surface area contributed by atoms with Crippen molar-refractivity contribution in [2.45, 2.75) is 31.6 Å². The zero-order chi connectivity index (χ0) is 8.45. The second kappa shape index (κ2) is 2.37. The van der Waals surface area contributed by atoms with Gasteiger partial charge in [0.25, 0.3) is 5.92 Å². The molecule has 2 aliphatic carbocycles. The molecule has 0 amide bonds. The summed E-state index contributed by atoms with van der Waals surface area (Å²) < 4.78 is 26.9. The summed E-state index contributed by atoms with van der Waals surface area (Å²) in [5.74, 6) is -2.34. The van der Waals surface area contributed by atoms with E-state index in [0.717, 1.165) is 32.2 Å². The van der Waals surface area contributed by atoms with E-state index in [2.05, 4.69) is 5.32 Å². The van der Waals surface area contributed by atoms with Crippen molar-refractivity contribution in [2.75, 3.05) is 13.1 Å². The Morgan fingerprint density at radius 2 is 1.69 bits per heavy atom. The molecule has 13 heavy (non-hydrogen) atoms. The van der Waals surface area contributed by atoms with Crippen molar-refractivity contribution in [3.8, 4) is 0 Å². The molecule has 2 saturated carbocycles. The van der Waals surface area contributed by atoms with Gasteiger partial charge in [0.15, 0.2) is 0 Å². The quantitative estimate of drug-likeness (QED) is 0.645. The molecule has 3 aliphatic rings. The van der Waals surface area contributed by atoms with Gasteiger partial charge in [-0.05, 0) is 32.2 Å². The fourth-order valence-corrected chi connectivity index (χ4v) is 3.24. The van der Waals surface area contributed by atoms with E-state index >= 15 is 0 Å². The van der Waals surface area contributed by atoms with Gasteiger partial charge in [0.05, 0.1) is 5.41 Å². The standard InChI is InChI=1S/C9H13F2N.ClH/c10-9(11)7(3-4-7)8(9)2-1-5-12-6-8;/h12H,1-6H2;1H. The molecule has 0 radical (unpaired) electrons. The van der Waals surface area contributed by atoms with E-state index in [-0.39, 0.29) is 12.4 Å². The molecular formula is C9H14ClF2N. The number of alkyl halides is 2. The van der Waals surface area contributed by atoms with Crippen LogP contribution >= 0.6 is 12.4 Å². The van der Waals surface area contributed by atoms with E-state index in [0.29, 0.717) is 6.54 Å². The average molecular weight is 210 g/mol. The van der Waals surface area contributed by atoms with Crippen molar-refractivity contribution in [2.24, 2.45) is 10.8 Å². The van der Waals surface area contributed by atoms with Gasteiger partial charge in [0.2, 0.25) is 0 Å². The molecule has 0 bridgehead atoms. The van der Waals surface area contributed by atoms with Crippen LogP contribution in [0.2, 0.25) is 0 Å². The molecule has 3 rings (SSSR count). The van der Waals surface area contributed by atoms with E-state index in [9.17, 15) is 8.78 Å². The van der Waals surface area contributed by atoms with Crippen LogP contribution < -0.4 is 5.32 Å². The Bertz CT molecular complexity index is 226. The summed E-state index contributed by atoms with van der Waals surface area (Å²) in [4.78, 5) is 0. The third kappa shape index (κ3) is 0.769. The number of nitrogens with one attached hydrogen (secondary N) is 1. The molecule has 3 fully saturated rings. The van der Waals surface area contributed by atoms with Crippen LogP contribution in [0.3, 0.4) is 0 Å². The highest BCUT2D eigenvalue weighted by Crippen LogP contribution is 2.88. The maximum atomic E-state index is 13.5. The summed E-state index contributed by atoms with van der Waals surface area (Å²) in [5.41, 5.74) is -1.15. The molecule has 76 valence electrons. The third-order valence-electron chi connectivity index (χ3n) is 4.19. The van der Waals surface area contributed by atoms with Crippen LogP contribution in [-0.4, -0.2) is 19.0 Å². The number of hydrogen-bond donors (Lipinski definition) is 1. The Morgan fingerprint density at radius 1 is 1.00 bits per heavy atom. The lowest BCUT2D eigenvalue weighted by atomic mass is 9.92. The first-order valence-electron chi connectivity index (χ1n) is 4.75. The molecule has 1 saturated heterocycles. The zero-order valence-electron chi connectivity index (χ0n) is 7.41. The van der Waals surface area contributed by atoms with Crippen molar-refractivity contribution >= 4 is 12.4 Å². The number of piperidine rings is 1. The van der Waals surface area contributed by atoms with Gasteiger partial charge in [0.1, 0.15) is 0 Å². The van der Waals surface area contributed by atoms with Gasteiger partial charge in [0, 0.05) is 12.0 Å². The molecular weight excluding hydrogens is 196 g/mol. The van der Waals surface area contributed by atoms with E-state index in [4.69, 9.17) is 0 Å². The summed E-state index contributed by atoms with van der Waals surface area (Å²) in [7, 11) is 0. The molecule has 1 heterocycles. The summed E-state index contributed by atoms with van der Waals surface area (Å²) >= 11 is 0. The number of hydrogen-bond acceptors (Lipinski definition) is 1. The lowest BCUT2D eigenvalue weighted by Gasteiger charge is -2.22. The average Bonchev–Trinajstić information content (AvgIpc) is 2.91. The number of rotatable bonds is 0. The number of fused-ring (bicyclic) bond motifs is 1. The van der Waals surface area contributed by atoms with Gasteiger partial charge in [-0.25, -0.2) is 8.78 Å². The van der Waals surface area contributed by atoms with Gasteiger partial charge < -0.3 is 5.32 Å². The first-order chi connectivity index (χ1) is 5.66. The minimum absolute atomic E-state index is 0. The molecule has 1 unspecified atom stereocenters. The van der Waals surface area contributed by atoms with Gasteiger partial charge >= 0.3 is 0 Å². The minimum atomic E-state index is -2.34. The number of halogens is 3. The largest absolute Gasteiger partial charge is 0.316 e. The lowest BCUT2D eigenvalue weighted by Crippen LogP contribution is -2.35. The highest BCUT2D eigenvalue weighted by atomic mass is 35.5. The van der Waals surface area contributed by atoms with E-state index < -0.39 is 16.8 Å². The summed E-state index contributed by atoms with van der Waals surface area (Å²) in [6.45, 7) is 1.48. The Balaban J connectivity index is 0.000000653. The Morgan fingerprint density at radius 3 is 2.08 bits per heavy atom. The van der Waals surface area contributed by atoms with Crippen molar-refractivity contribution in [1.82, 2.24) is 5.32 Å². The predicted octanol–water partition coefficient (Wildman–Crippen LogP) is 2.21. The second-order valence-corrected chi connectivity index (χ2v) is 4.52. The van der Waals surface area contributed by atoms with Crippen LogP contribution in [0.5, 0.6) is 0 Å². The van der Waals surface area contributed by atoms with Crippen LogP contribution in [0.1, 0.15) is 25.7 Å². The van der Waals surface area contributed by atoms with Crippen LogP contribution in [0.4, 0.5) is 8.78 Å². The fraction of sp³-hybridized carbons (Fsp3) is 1.00. The molecule has 0 aromatic carbocycles. The SMILES string of the molecule is Cl.FC1(F)C2(CC2)C12CCCNC2. The maximum absolute atomic E-state index is 13.5. The molecule has 2 spiro atoms. The normalized spacial score (nSPS) is 42.9. The third-order valence-corrected chi connectivity index (χ3v) is 4.19. The summed E-state index contributed by atoms with van der Waals surface area (Å²) in [6, 6.07) is 0. The van der Waals surface area contributed by atoms with Gasteiger partial charge in [-0.15, -0.1) is 12.4 Å². The molecule has 1 N–H and O–H groups in total. The summed E-state index contributed by atoms with van der Waals surface area (Å²) in [6.07, 6.45) is 3.20. The van der Waals surface area contributed by atoms with Crippen LogP contribution in [-0.2, 0) is 0 Å².